The Morgan fingerprint density at radius 2 is 1.74 bits per heavy atom. The first-order valence-electron chi connectivity index (χ1n) is 8.37. The van der Waals surface area contributed by atoms with Crippen LogP contribution in [0.15, 0.2) is 42.5 Å². The van der Waals surface area contributed by atoms with Crippen molar-refractivity contribution in [3.8, 4) is 11.5 Å². The minimum atomic E-state index is -0.449. The van der Waals surface area contributed by atoms with Crippen LogP contribution < -0.4 is 20.3 Å². The minimum Gasteiger partial charge on any atom is -0.496 e. The van der Waals surface area contributed by atoms with Gasteiger partial charge >= 0.3 is 0 Å². The lowest BCUT2D eigenvalue weighted by molar-refractivity contribution is -0.123. The van der Waals surface area contributed by atoms with E-state index in [9.17, 15) is 9.59 Å². The molecule has 0 fully saturated rings. The number of para-hydroxylation sites is 1. The SMILES string of the molecule is COc1ccc(C(=O)NNC(=O)COc2ccccc2C(C)(C)C)cc1I. The molecule has 2 aromatic rings. The number of hydrogen-bond donors (Lipinski definition) is 2. The number of carbonyl (C=O) groups is 2. The highest BCUT2D eigenvalue weighted by Crippen LogP contribution is 2.30. The summed E-state index contributed by atoms with van der Waals surface area (Å²) in [5.41, 5.74) is 6.06. The molecule has 6 nitrogen and oxygen atoms in total. The minimum absolute atomic E-state index is 0.104. The van der Waals surface area contributed by atoms with Crippen LogP contribution in [0.4, 0.5) is 0 Å². The molecule has 2 amide bonds. The maximum Gasteiger partial charge on any atom is 0.276 e. The van der Waals surface area contributed by atoms with Crippen molar-refractivity contribution in [1.29, 1.82) is 0 Å². The Morgan fingerprint density at radius 1 is 1.04 bits per heavy atom. The summed E-state index contributed by atoms with van der Waals surface area (Å²) in [5, 5.41) is 0. The van der Waals surface area contributed by atoms with Gasteiger partial charge in [-0.3, -0.25) is 20.4 Å². The molecule has 0 saturated heterocycles. The summed E-state index contributed by atoms with van der Waals surface area (Å²) in [6.07, 6.45) is 0. The Bertz CT molecular complexity index is 831. The standard InChI is InChI=1S/C20H23IN2O4/c1-20(2,3)14-7-5-6-8-16(14)27-12-18(24)22-23-19(25)13-9-10-17(26-4)15(21)11-13/h5-11H,12H2,1-4H3,(H,22,24)(H,23,25). The van der Waals surface area contributed by atoms with Gasteiger partial charge in [0, 0.05) is 5.56 Å². The predicted octanol–water partition coefficient (Wildman–Crippen LogP) is 3.44. The van der Waals surface area contributed by atoms with Gasteiger partial charge in [-0.25, -0.2) is 0 Å². The number of ether oxygens (including phenoxy) is 2. The van der Waals surface area contributed by atoms with E-state index in [1.54, 1.807) is 25.3 Å². The fourth-order valence-corrected chi connectivity index (χ4v) is 3.13. The van der Waals surface area contributed by atoms with E-state index in [0.717, 1.165) is 9.13 Å². The van der Waals surface area contributed by atoms with Crippen LogP contribution in [0.3, 0.4) is 0 Å². The Balaban J connectivity index is 1.90. The molecule has 0 heterocycles. The van der Waals surface area contributed by atoms with Gasteiger partial charge < -0.3 is 9.47 Å². The normalized spacial score (nSPS) is 10.9. The van der Waals surface area contributed by atoms with Crippen LogP contribution in [0.25, 0.3) is 0 Å². The Hall–Kier alpha value is -2.29. The molecule has 0 atom stereocenters. The molecule has 27 heavy (non-hydrogen) atoms. The highest BCUT2D eigenvalue weighted by Gasteiger charge is 2.19. The molecule has 0 aliphatic rings. The van der Waals surface area contributed by atoms with Crippen LogP contribution in [0.2, 0.25) is 0 Å². The number of benzene rings is 2. The lowest BCUT2D eigenvalue weighted by atomic mass is 9.86. The number of carbonyl (C=O) groups excluding carboxylic acids is 2. The van der Waals surface area contributed by atoms with Crippen LogP contribution in [0, 0.1) is 3.57 Å². The van der Waals surface area contributed by atoms with Gasteiger partial charge in [0.1, 0.15) is 11.5 Å². The van der Waals surface area contributed by atoms with Crippen LogP contribution in [-0.2, 0) is 10.2 Å². The third kappa shape index (κ3) is 5.85. The summed E-state index contributed by atoms with van der Waals surface area (Å²) in [6.45, 7) is 6.02. The molecule has 7 heteroatoms. The van der Waals surface area contributed by atoms with Gasteiger partial charge in [0.05, 0.1) is 10.7 Å². The molecule has 0 bridgehead atoms. The molecule has 0 aliphatic carbocycles. The molecule has 2 aromatic carbocycles. The predicted molar refractivity (Wildman–Crippen MR) is 112 cm³/mol. The summed E-state index contributed by atoms with van der Waals surface area (Å²) < 4.78 is 11.6. The Morgan fingerprint density at radius 3 is 2.37 bits per heavy atom. The van der Waals surface area contributed by atoms with E-state index in [4.69, 9.17) is 9.47 Å². The van der Waals surface area contributed by atoms with Crippen molar-refractivity contribution >= 4 is 34.4 Å². The van der Waals surface area contributed by atoms with Crippen LogP contribution in [-0.4, -0.2) is 25.5 Å². The van der Waals surface area contributed by atoms with Gasteiger partial charge in [-0.2, -0.15) is 0 Å². The first kappa shape index (κ1) is 21.0. The fourth-order valence-electron chi connectivity index (χ4n) is 2.40. The van der Waals surface area contributed by atoms with Crippen molar-refractivity contribution in [2.75, 3.05) is 13.7 Å². The summed E-state index contributed by atoms with van der Waals surface area (Å²) in [5.74, 6) is 0.465. The molecule has 0 saturated carbocycles. The van der Waals surface area contributed by atoms with E-state index in [2.05, 4.69) is 54.2 Å². The van der Waals surface area contributed by atoms with Gasteiger partial charge in [0.25, 0.3) is 11.8 Å². The lowest BCUT2D eigenvalue weighted by Crippen LogP contribution is -2.43. The molecule has 2 rings (SSSR count). The largest absolute Gasteiger partial charge is 0.496 e. The third-order valence-electron chi connectivity index (χ3n) is 3.78. The van der Waals surface area contributed by atoms with Crippen molar-refractivity contribution < 1.29 is 19.1 Å². The number of hydrogen-bond acceptors (Lipinski definition) is 4. The Labute approximate surface area is 172 Å². The number of halogens is 1. The lowest BCUT2D eigenvalue weighted by Gasteiger charge is -2.22. The van der Waals surface area contributed by atoms with Gasteiger partial charge in [0.2, 0.25) is 0 Å². The van der Waals surface area contributed by atoms with Gasteiger partial charge in [-0.05, 0) is 57.8 Å². The average Bonchev–Trinajstić information content (AvgIpc) is 2.63. The molecular formula is C20H23IN2O4. The second-order valence-electron chi connectivity index (χ2n) is 6.89. The number of hydrazine groups is 1. The van der Waals surface area contributed by atoms with E-state index in [0.29, 0.717) is 17.1 Å². The molecule has 144 valence electrons. The molecule has 0 aliphatic heterocycles. The zero-order valence-corrected chi connectivity index (χ0v) is 17.9. The summed E-state index contributed by atoms with van der Waals surface area (Å²) in [4.78, 5) is 24.2. The highest BCUT2D eigenvalue weighted by molar-refractivity contribution is 14.1. The maximum absolute atomic E-state index is 12.2. The molecular weight excluding hydrogens is 459 g/mol. The van der Waals surface area contributed by atoms with Crippen molar-refractivity contribution in [2.45, 2.75) is 26.2 Å². The highest BCUT2D eigenvalue weighted by atomic mass is 127. The topological polar surface area (TPSA) is 76.7 Å². The average molecular weight is 482 g/mol. The van der Waals surface area contributed by atoms with E-state index >= 15 is 0 Å². The van der Waals surface area contributed by atoms with E-state index in [1.807, 2.05) is 24.3 Å². The van der Waals surface area contributed by atoms with Crippen molar-refractivity contribution in [1.82, 2.24) is 10.9 Å². The zero-order valence-electron chi connectivity index (χ0n) is 15.8. The van der Waals surface area contributed by atoms with Crippen molar-refractivity contribution in [3.63, 3.8) is 0 Å². The zero-order chi connectivity index (χ0) is 20.0. The van der Waals surface area contributed by atoms with Gasteiger partial charge in [-0.15, -0.1) is 0 Å². The first-order chi connectivity index (χ1) is 12.7. The molecule has 0 unspecified atom stereocenters. The van der Waals surface area contributed by atoms with Crippen LogP contribution in [0.5, 0.6) is 11.5 Å². The second-order valence-corrected chi connectivity index (χ2v) is 8.05. The van der Waals surface area contributed by atoms with Gasteiger partial charge in [0.15, 0.2) is 6.61 Å². The van der Waals surface area contributed by atoms with Crippen LogP contribution >= 0.6 is 22.6 Å². The number of methoxy groups -OCH3 is 1. The van der Waals surface area contributed by atoms with Crippen molar-refractivity contribution in [2.24, 2.45) is 0 Å². The molecule has 0 aromatic heterocycles. The third-order valence-corrected chi connectivity index (χ3v) is 4.63. The number of nitrogens with one attached hydrogen (secondary N) is 2. The molecule has 2 N–H and O–H groups in total. The van der Waals surface area contributed by atoms with E-state index < -0.39 is 11.8 Å². The fraction of sp³-hybridized carbons (Fsp3) is 0.300. The van der Waals surface area contributed by atoms with E-state index in [1.165, 1.54) is 0 Å². The second kappa shape index (κ2) is 9.07. The smallest absolute Gasteiger partial charge is 0.276 e. The molecule has 0 spiro atoms. The first-order valence-corrected chi connectivity index (χ1v) is 9.45. The molecule has 0 radical (unpaired) electrons. The van der Waals surface area contributed by atoms with Crippen LogP contribution in [0.1, 0.15) is 36.7 Å². The number of rotatable bonds is 5. The van der Waals surface area contributed by atoms with Gasteiger partial charge in [-0.1, -0.05) is 39.0 Å². The monoisotopic (exact) mass is 482 g/mol. The quantitative estimate of drug-likeness (QED) is 0.506. The summed E-state index contributed by atoms with van der Waals surface area (Å²) >= 11 is 2.08. The number of amides is 2. The van der Waals surface area contributed by atoms with E-state index in [-0.39, 0.29) is 12.0 Å². The maximum atomic E-state index is 12.2. The summed E-state index contributed by atoms with van der Waals surface area (Å²) in [7, 11) is 1.56. The Kier molecular flexibility index (Phi) is 7.06. The van der Waals surface area contributed by atoms with Crippen molar-refractivity contribution in [3.05, 3.63) is 57.2 Å². The summed E-state index contributed by atoms with van der Waals surface area (Å²) in [6, 6.07) is 12.6.